The van der Waals surface area contributed by atoms with Crippen molar-refractivity contribution in [1.29, 1.82) is 5.26 Å². The van der Waals surface area contributed by atoms with E-state index in [1.165, 1.54) is 0 Å². The van der Waals surface area contributed by atoms with Gasteiger partial charge in [0.25, 0.3) is 0 Å². The van der Waals surface area contributed by atoms with Crippen LogP contribution in [0.2, 0.25) is 0 Å². The molecule has 0 saturated carbocycles. The predicted octanol–water partition coefficient (Wildman–Crippen LogP) is 2.79. The smallest absolute Gasteiger partial charge is 0.475 e. The van der Waals surface area contributed by atoms with Gasteiger partial charge in [0.1, 0.15) is 23.8 Å². The monoisotopic (exact) mass is 569 g/mol. The normalized spacial score (nSPS) is 20.5. The van der Waals surface area contributed by atoms with Crippen molar-refractivity contribution >= 4 is 33.3 Å². The lowest BCUT2D eigenvalue weighted by molar-refractivity contribution is -0.192. The zero-order valence-corrected chi connectivity index (χ0v) is 22.4. The zero-order valence-electron chi connectivity index (χ0n) is 21.6. The van der Waals surface area contributed by atoms with Gasteiger partial charge in [-0.3, -0.25) is 0 Å². The first-order valence-corrected chi connectivity index (χ1v) is 13.9. The second-order valence-corrected chi connectivity index (χ2v) is 12.1. The highest BCUT2D eigenvalue weighted by Gasteiger charge is 2.38. The molecule has 2 N–H and O–H groups in total. The number of nitrogens with zero attached hydrogens (tertiary/aromatic N) is 6. The molecule has 1 unspecified atom stereocenters. The molecule has 39 heavy (non-hydrogen) atoms. The molecule has 2 aromatic heterocycles. The molecular weight excluding hydrogens is 539 g/mol. The fourth-order valence-corrected chi connectivity index (χ4v) is 5.54. The molecule has 0 aliphatic carbocycles. The van der Waals surface area contributed by atoms with E-state index in [2.05, 4.69) is 33.2 Å². The number of nitriles is 1. The number of pyridine rings is 1. The van der Waals surface area contributed by atoms with Crippen LogP contribution in [-0.2, 0) is 21.2 Å². The van der Waals surface area contributed by atoms with Crippen molar-refractivity contribution < 1.29 is 31.5 Å². The lowest BCUT2D eigenvalue weighted by Gasteiger charge is -2.28. The number of aromatic nitrogens is 3. The van der Waals surface area contributed by atoms with Crippen LogP contribution in [0, 0.1) is 23.7 Å². The molecule has 2 aromatic rings. The molecule has 11 nitrogen and oxygen atoms in total. The first-order valence-electron chi connectivity index (χ1n) is 12.1. The number of hydrogen-bond acceptors (Lipinski definition) is 10. The van der Waals surface area contributed by atoms with Crippen LogP contribution in [0.1, 0.15) is 31.0 Å². The molecule has 2 saturated heterocycles. The van der Waals surface area contributed by atoms with Crippen LogP contribution in [0.15, 0.2) is 24.5 Å². The minimum absolute atomic E-state index is 0.00211. The Labute approximate surface area is 224 Å². The molecule has 0 spiro atoms. The molecule has 0 bridgehead atoms. The van der Waals surface area contributed by atoms with Gasteiger partial charge in [0.15, 0.2) is 9.84 Å². The lowest BCUT2D eigenvalue weighted by Crippen LogP contribution is -2.40. The average molecular weight is 570 g/mol. The Morgan fingerprint density at radius 1 is 1.21 bits per heavy atom. The highest BCUT2D eigenvalue weighted by Crippen LogP contribution is 2.36. The molecule has 0 radical (unpaired) electrons. The molecule has 2 fully saturated rings. The second kappa shape index (κ2) is 12.0. The quantitative estimate of drug-likeness (QED) is 0.528. The van der Waals surface area contributed by atoms with Gasteiger partial charge < -0.3 is 20.2 Å². The summed E-state index contributed by atoms with van der Waals surface area (Å²) in [6.45, 7) is 7.31. The number of rotatable bonds is 6. The van der Waals surface area contributed by atoms with Crippen molar-refractivity contribution in [2.24, 2.45) is 5.41 Å². The first kappa shape index (κ1) is 29.9. The van der Waals surface area contributed by atoms with E-state index in [1.807, 2.05) is 30.0 Å². The van der Waals surface area contributed by atoms with Gasteiger partial charge in [0.2, 0.25) is 0 Å². The summed E-state index contributed by atoms with van der Waals surface area (Å²) in [4.78, 5) is 26.8. The van der Waals surface area contributed by atoms with Gasteiger partial charge in [-0.2, -0.15) is 18.4 Å². The van der Waals surface area contributed by atoms with Crippen LogP contribution in [-0.4, -0.2) is 78.3 Å². The maximum atomic E-state index is 11.7. The minimum Gasteiger partial charge on any atom is -0.475 e. The largest absolute Gasteiger partial charge is 0.490 e. The van der Waals surface area contributed by atoms with Gasteiger partial charge in [0.05, 0.1) is 29.8 Å². The number of nitrogens with one attached hydrogen (secondary N) is 1. The molecule has 4 heterocycles. The van der Waals surface area contributed by atoms with E-state index in [1.54, 1.807) is 6.33 Å². The third-order valence-corrected chi connectivity index (χ3v) is 8.17. The van der Waals surface area contributed by atoms with Crippen molar-refractivity contribution in [1.82, 2.24) is 15.0 Å². The van der Waals surface area contributed by atoms with Crippen molar-refractivity contribution in [2.45, 2.75) is 39.4 Å². The Hall–Kier alpha value is -3.67. The number of carboxylic acids is 1. The Balaban J connectivity index is 0.000000532. The number of carboxylic acid groups (broad SMARTS) is 1. The van der Waals surface area contributed by atoms with Gasteiger partial charge in [-0.1, -0.05) is 13.0 Å². The van der Waals surface area contributed by atoms with E-state index >= 15 is 0 Å². The molecule has 1 atom stereocenters. The van der Waals surface area contributed by atoms with Crippen LogP contribution < -0.4 is 15.1 Å². The van der Waals surface area contributed by atoms with Crippen LogP contribution >= 0.6 is 0 Å². The molecular formula is C24H30F3N7O4S. The maximum absolute atomic E-state index is 11.7. The maximum Gasteiger partial charge on any atom is 0.490 e. The molecule has 0 aromatic carbocycles. The summed E-state index contributed by atoms with van der Waals surface area (Å²) in [5.41, 5.74) is 1.84. The van der Waals surface area contributed by atoms with E-state index < -0.39 is 22.0 Å². The van der Waals surface area contributed by atoms with Crippen molar-refractivity contribution in [3.8, 4) is 6.07 Å². The minimum atomic E-state index is -5.08. The first-order chi connectivity index (χ1) is 18.2. The third kappa shape index (κ3) is 8.16. The van der Waals surface area contributed by atoms with Gasteiger partial charge in [-0.15, -0.1) is 0 Å². The number of anilines is 3. The molecule has 2 aliphatic rings. The van der Waals surface area contributed by atoms with Crippen molar-refractivity contribution in [2.75, 3.05) is 52.8 Å². The summed E-state index contributed by atoms with van der Waals surface area (Å²) in [6, 6.07) is 8.12. The number of sulfone groups is 1. The fourth-order valence-electron chi connectivity index (χ4n) is 4.33. The molecule has 0 amide bonds. The molecule has 4 rings (SSSR count). The highest BCUT2D eigenvalue weighted by molar-refractivity contribution is 7.91. The van der Waals surface area contributed by atoms with E-state index in [4.69, 9.17) is 20.1 Å². The molecule has 212 valence electrons. The van der Waals surface area contributed by atoms with E-state index in [0.29, 0.717) is 26.1 Å². The summed E-state index contributed by atoms with van der Waals surface area (Å²) < 4.78 is 55.1. The van der Waals surface area contributed by atoms with Crippen LogP contribution in [0.3, 0.4) is 0 Å². The Morgan fingerprint density at radius 2 is 1.87 bits per heavy atom. The van der Waals surface area contributed by atoms with Gasteiger partial charge in [0, 0.05) is 38.2 Å². The molecule has 15 heteroatoms. The summed E-state index contributed by atoms with van der Waals surface area (Å²) >= 11 is 0. The van der Waals surface area contributed by atoms with Crippen LogP contribution in [0.25, 0.3) is 0 Å². The van der Waals surface area contributed by atoms with E-state index in [0.717, 1.165) is 48.2 Å². The van der Waals surface area contributed by atoms with Crippen LogP contribution in [0.4, 0.5) is 30.6 Å². The highest BCUT2D eigenvalue weighted by atomic mass is 32.2. The number of halogens is 3. The molecule has 2 aliphatic heterocycles. The summed E-state index contributed by atoms with van der Waals surface area (Å²) in [6.07, 6.45) is -1.99. The van der Waals surface area contributed by atoms with Crippen molar-refractivity contribution in [3.63, 3.8) is 0 Å². The summed E-state index contributed by atoms with van der Waals surface area (Å²) in [5, 5.41) is 19.6. The standard InChI is InChI=1S/C22H29N7O2S.C2HF3O2/c1-17-20(25-16-26-21(17)29-9-7-22(2,15-29)6-8-23)24-14-18-4-3-5-19(27-18)28-10-12-32(30,31)13-11-28;3-2(4,5)1(6)7/h3-5,16H,6-7,9-15H2,1-2H3,(H,24,25,26);(H,6,7). The van der Waals surface area contributed by atoms with E-state index in [9.17, 15) is 21.6 Å². The van der Waals surface area contributed by atoms with E-state index in [-0.39, 0.29) is 16.9 Å². The average Bonchev–Trinajstić information content (AvgIpc) is 3.25. The second-order valence-electron chi connectivity index (χ2n) is 9.77. The van der Waals surface area contributed by atoms with Gasteiger partial charge in [-0.25, -0.2) is 28.2 Å². The third-order valence-electron chi connectivity index (χ3n) is 6.56. The number of alkyl halides is 3. The summed E-state index contributed by atoms with van der Waals surface area (Å²) in [5.74, 6) is 0.0507. The topological polar surface area (TPSA) is 152 Å². The number of aliphatic carboxylic acids is 1. The Morgan fingerprint density at radius 3 is 2.49 bits per heavy atom. The zero-order chi connectivity index (χ0) is 28.8. The Bertz CT molecular complexity index is 1320. The van der Waals surface area contributed by atoms with Gasteiger partial charge in [-0.05, 0) is 30.9 Å². The SMILES string of the molecule is Cc1c(NCc2cccc(N3CCS(=O)(=O)CC3)n2)ncnc1N1CCC(C)(CC#N)C1.O=C(O)C(F)(F)F. The van der Waals surface area contributed by atoms with Crippen molar-refractivity contribution in [3.05, 3.63) is 35.8 Å². The predicted molar refractivity (Wildman–Crippen MR) is 138 cm³/mol. The number of carbonyl (C=O) groups is 1. The van der Waals surface area contributed by atoms with Crippen LogP contribution in [0.5, 0.6) is 0 Å². The summed E-state index contributed by atoms with van der Waals surface area (Å²) in [7, 11) is -2.92. The number of hydrogen-bond donors (Lipinski definition) is 2. The lowest BCUT2D eigenvalue weighted by atomic mass is 9.87. The fraction of sp³-hybridized carbons (Fsp3) is 0.542. The Kier molecular flexibility index (Phi) is 9.21. The van der Waals surface area contributed by atoms with Gasteiger partial charge >= 0.3 is 12.1 Å².